The molecule has 2 rings (SSSR count). The van der Waals surface area contributed by atoms with Crippen molar-refractivity contribution >= 4 is 11.4 Å². The number of nitrogens with two attached hydrogens (primary N) is 4. The molecule has 8 N–H and O–H groups in total. The van der Waals surface area contributed by atoms with E-state index in [1.54, 1.807) is 0 Å². The number of nitrogen functional groups attached to an aromatic ring is 1. The summed E-state index contributed by atoms with van der Waals surface area (Å²) in [6, 6.07) is 7.72. The van der Waals surface area contributed by atoms with E-state index in [0.717, 1.165) is 17.9 Å². The van der Waals surface area contributed by atoms with Crippen LogP contribution in [0, 0.1) is 0 Å². The molecule has 0 aliphatic carbocycles. The number of hydrogen-bond acceptors (Lipinski definition) is 5. The van der Waals surface area contributed by atoms with Crippen molar-refractivity contribution in [2.24, 2.45) is 17.2 Å². The summed E-state index contributed by atoms with van der Waals surface area (Å²) in [5, 5.41) is 0. The molecule has 88 valence electrons. The highest BCUT2D eigenvalue weighted by Crippen LogP contribution is 2.24. The molecule has 1 aliphatic rings. The Hall–Kier alpha value is -1.30. The SMILES string of the molecule is NCC1C(N)C(N)CN1c1ccc(N)cc1. The summed E-state index contributed by atoms with van der Waals surface area (Å²) in [5.41, 5.74) is 25.2. The smallest absolute Gasteiger partial charge is 0.0579 e. The number of hydrogen-bond donors (Lipinski definition) is 4. The van der Waals surface area contributed by atoms with Crippen molar-refractivity contribution < 1.29 is 0 Å². The summed E-state index contributed by atoms with van der Waals surface area (Å²) in [5.74, 6) is 0. The fourth-order valence-electron chi connectivity index (χ4n) is 2.22. The Balaban J connectivity index is 2.23. The molecule has 3 unspecified atom stereocenters. The molecular weight excluding hydrogens is 202 g/mol. The molecule has 0 spiro atoms. The van der Waals surface area contributed by atoms with Gasteiger partial charge in [0.2, 0.25) is 0 Å². The molecule has 5 heteroatoms. The van der Waals surface area contributed by atoms with Gasteiger partial charge in [0.1, 0.15) is 0 Å². The molecule has 0 saturated carbocycles. The molecule has 16 heavy (non-hydrogen) atoms. The van der Waals surface area contributed by atoms with Crippen molar-refractivity contribution in [3.05, 3.63) is 24.3 Å². The van der Waals surface area contributed by atoms with Crippen LogP contribution >= 0.6 is 0 Å². The van der Waals surface area contributed by atoms with Crippen LogP contribution in [0.2, 0.25) is 0 Å². The van der Waals surface area contributed by atoms with Gasteiger partial charge in [-0.2, -0.15) is 0 Å². The Morgan fingerprint density at radius 2 is 1.81 bits per heavy atom. The molecule has 0 amide bonds. The highest BCUT2D eigenvalue weighted by Gasteiger charge is 2.36. The average Bonchev–Trinajstić information content (AvgIpc) is 2.56. The predicted octanol–water partition coefficient (Wildman–Crippen LogP) is -0.929. The molecular formula is C11H19N5. The average molecular weight is 221 g/mol. The lowest BCUT2D eigenvalue weighted by Crippen LogP contribution is -2.48. The zero-order chi connectivity index (χ0) is 11.7. The summed E-state index contributed by atoms with van der Waals surface area (Å²) in [6.07, 6.45) is 0. The van der Waals surface area contributed by atoms with Gasteiger partial charge < -0.3 is 27.8 Å². The van der Waals surface area contributed by atoms with E-state index in [1.807, 2.05) is 24.3 Å². The highest BCUT2D eigenvalue weighted by atomic mass is 15.2. The zero-order valence-electron chi connectivity index (χ0n) is 9.21. The van der Waals surface area contributed by atoms with Gasteiger partial charge in [0, 0.05) is 36.5 Å². The van der Waals surface area contributed by atoms with Gasteiger partial charge in [0.25, 0.3) is 0 Å². The monoisotopic (exact) mass is 221 g/mol. The summed E-state index contributed by atoms with van der Waals surface area (Å²) >= 11 is 0. The molecule has 1 fully saturated rings. The summed E-state index contributed by atoms with van der Waals surface area (Å²) in [4.78, 5) is 2.16. The van der Waals surface area contributed by atoms with Crippen LogP contribution in [0.4, 0.5) is 11.4 Å². The van der Waals surface area contributed by atoms with Crippen LogP contribution in [0.25, 0.3) is 0 Å². The first kappa shape index (κ1) is 11.2. The normalized spacial score (nSPS) is 29.7. The fraction of sp³-hybridized carbons (Fsp3) is 0.455. The highest BCUT2D eigenvalue weighted by molar-refractivity contribution is 5.55. The third-order valence-electron chi connectivity index (χ3n) is 3.21. The Labute approximate surface area is 95.4 Å². The van der Waals surface area contributed by atoms with Crippen molar-refractivity contribution in [2.75, 3.05) is 23.7 Å². The van der Waals surface area contributed by atoms with Gasteiger partial charge in [-0.05, 0) is 24.3 Å². The second-order valence-corrected chi connectivity index (χ2v) is 4.29. The van der Waals surface area contributed by atoms with E-state index in [2.05, 4.69) is 4.90 Å². The Bertz CT molecular complexity index is 350. The predicted molar refractivity (Wildman–Crippen MR) is 67.0 cm³/mol. The fourth-order valence-corrected chi connectivity index (χ4v) is 2.22. The molecule has 0 aromatic heterocycles. The summed E-state index contributed by atoms with van der Waals surface area (Å²) in [6.45, 7) is 1.26. The Morgan fingerprint density at radius 3 is 2.38 bits per heavy atom. The maximum absolute atomic E-state index is 6.02. The van der Waals surface area contributed by atoms with Crippen molar-refractivity contribution in [2.45, 2.75) is 18.1 Å². The maximum atomic E-state index is 6.02. The van der Waals surface area contributed by atoms with Gasteiger partial charge in [0.15, 0.2) is 0 Å². The second-order valence-electron chi connectivity index (χ2n) is 4.29. The minimum Gasteiger partial charge on any atom is -0.399 e. The lowest BCUT2D eigenvalue weighted by Gasteiger charge is -2.27. The van der Waals surface area contributed by atoms with Gasteiger partial charge in [-0.1, -0.05) is 0 Å². The van der Waals surface area contributed by atoms with Gasteiger partial charge in [0.05, 0.1) is 6.04 Å². The van der Waals surface area contributed by atoms with E-state index in [9.17, 15) is 0 Å². The zero-order valence-corrected chi connectivity index (χ0v) is 9.21. The molecule has 5 nitrogen and oxygen atoms in total. The lowest BCUT2D eigenvalue weighted by atomic mass is 10.1. The third kappa shape index (κ3) is 1.84. The molecule has 1 heterocycles. The van der Waals surface area contributed by atoms with E-state index in [0.29, 0.717) is 6.54 Å². The van der Waals surface area contributed by atoms with Gasteiger partial charge in [-0.15, -0.1) is 0 Å². The quantitative estimate of drug-likeness (QED) is 0.483. The van der Waals surface area contributed by atoms with Gasteiger partial charge in [-0.25, -0.2) is 0 Å². The largest absolute Gasteiger partial charge is 0.399 e. The number of rotatable bonds is 2. The van der Waals surface area contributed by atoms with Crippen molar-refractivity contribution in [1.82, 2.24) is 0 Å². The van der Waals surface area contributed by atoms with Crippen LogP contribution < -0.4 is 27.8 Å². The number of benzene rings is 1. The van der Waals surface area contributed by atoms with E-state index >= 15 is 0 Å². The van der Waals surface area contributed by atoms with E-state index < -0.39 is 0 Å². The van der Waals surface area contributed by atoms with Crippen LogP contribution in [0.1, 0.15) is 0 Å². The van der Waals surface area contributed by atoms with Crippen molar-refractivity contribution in [1.29, 1.82) is 0 Å². The van der Waals surface area contributed by atoms with Crippen LogP contribution in [0.5, 0.6) is 0 Å². The minimum absolute atomic E-state index is 0.0221. The first-order valence-electron chi connectivity index (χ1n) is 5.47. The standard InChI is InChI=1S/C11H19N5/c12-5-10-11(15)9(14)6-16(10)8-3-1-7(13)2-4-8/h1-4,9-11H,5-6,12-15H2. The van der Waals surface area contributed by atoms with E-state index in [-0.39, 0.29) is 18.1 Å². The van der Waals surface area contributed by atoms with Gasteiger partial charge >= 0.3 is 0 Å². The molecule has 0 radical (unpaired) electrons. The summed E-state index contributed by atoms with van der Waals surface area (Å²) in [7, 11) is 0. The molecule has 1 aromatic rings. The minimum atomic E-state index is -0.0671. The molecule has 1 aromatic carbocycles. The summed E-state index contributed by atoms with van der Waals surface area (Å²) < 4.78 is 0. The second kappa shape index (κ2) is 4.29. The Kier molecular flexibility index (Phi) is 3.00. The van der Waals surface area contributed by atoms with E-state index in [4.69, 9.17) is 22.9 Å². The number of anilines is 2. The van der Waals surface area contributed by atoms with Gasteiger partial charge in [-0.3, -0.25) is 0 Å². The topological polar surface area (TPSA) is 107 Å². The lowest BCUT2D eigenvalue weighted by molar-refractivity contribution is 0.549. The molecule has 1 saturated heterocycles. The van der Waals surface area contributed by atoms with Crippen LogP contribution in [-0.2, 0) is 0 Å². The third-order valence-corrected chi connectivity index (χ3v) is 3.21. The first-order chi connectivity index (χ1) is 7.63. The van der Waals surface area contributed by atoms with Crippen LogP contribution in [-0.4, -0.2) is 31.2 Å². The number of nitrogens with zero attached hydrogens (tertiary/aromatic N) is 1. The molecule has 1 aliphatic heterocycles. The Morgan fingerprint density at radius 1 is 1.19 bits per heavy atom. The maximum Gasteiger partial charge on any atom is 0.0579 e. The van der Waals surface area contributed by atoms with Crippen molar-refractivity contribution in [3.63, 3.8) is 0 Å². The molecule has 0 bridgehead atoms. The molecule has 3 atom stereocenters. The first-order valence-corrected chi connectivity index (χ1v) is 5.47. The van der Waals surface area contributed by atoms with Crippen LogP contribution in [0.3, 0.4) is 0 Å². The van der Waals surface area contributed by atoms with E-state index in [1.165, 1.54) is 0 Å². The van der Waals surface area contributed by atoms with Crippen molar-refractivity contribution in [3.8, 4) is 0 Å². The van der Waals surface area contributed by atoms with Crippen LogP contribution in [0.15, 0.2) is 24.3 Å².